The van der Waals surface area contributed by atoms with Gasteiger partial charge in [0.05, 0.1) is 11.6 Å². The number of hydrogen-bond acceptors (Lipinski definition) is 3. The zero-order valence-electron chi connectivity index (χ0n) is 10.9. The van der Waals surface area contributed by atoms with Crippen LogP contribution in [0.25, 0.3) is 0 Å². The molecule has 2 rings (SSSR count). The van der Waals surface area contributed by atoms with Crippen LogP contribution in [0.15, 0.2) is 0 Å². The first kappa shape index (κ1) is 13.0. The van der Waals surface area contributed by atoms with Gasteiger partial charge in [0.2, 0.25) is 0 Å². The molecule has 3 heteroatoms. The Morgan fingerprint density at radius 3 is 2.88 bits per heavy atom. The second kappa shape index (κ2) is 5.49. The van der Waals surface area contributed by atoms with Crippen molar-refractivity contribution in [1.82, 2.24) is 0 Å². The van der Waals surface area contributed by atoms with Gasteiger partial charge in [-0.2, -0.15) is 0 Å². The lowest BCUT2D eigenvalue weighted by Crippen LogP contribution is -2.51. The molecular formula is C14H25NO2. The third-order valence-electron chi connectivity index (χ3n) is 4.31. The predicted molar refractivity (Wildman–Crippen MR) is 67.8 cm³/mol. The zero-order valence-corrected chi connectivity index (χ0v) is 10.9. The molecule has 1 aliphatic heterocycles. The van der Waals surface area contributed by atoms with E-state index in [4.69, 9.17) is 10.5 Å². The predicted octanol–water partition coefficient (Wildman–Crippen LogP) is 2.42. The summed E-state index contributed by atoms with van der Waals surface area (Å²) in [5.74, 6) is 0.861. The summed E-state index contributed by atoms with van der Waals surface area (Å²) >= 11 is 0. The second-order valence-electron chi connectivity index (χ2n) is 5.95. The van der Waals surface area contributed by atoms with Gasteiger partial charge in [-0.3, -0.25) is 4.79 Å². The maximum atomic E-state index is 12.2. The Bertz CT molecular complexity index is 273. The van der Waals surface area contributed by atoms with Crippen LogP contribution in [0.1, 0.15) is 58.3 Å². The summed E-state index contributed by atoms with van der Waals surface area (Å²) in [5, 5.41) is 0. The minimum absolute atomic E-state index is 0.263. The van der Waals surface area contributed by atoms with Gasteiger partial charge < -0.3 is 10.5 Å². The number of rotatable bonds is 4. The fourth-order valence-electron chi connectivity index (χ4n) is 3.26. The van der Waals surface area contributed by atoms with E-state index in [0.717, 1.165) is 45.1 Å². The number of hydrogen-bond donors (Lipinski definition) is 1. The molecule has 1 aliphatic carbocycles. The molecule has 0 bridgehead atoms. The quantitative estimate of drug-likeness (QED) is 0.819. The van der Waals surface area contributed by atoms with E-state index < -0.39 is 5.54 Å². The fourth-order valence-corrected chi connectivity index (χ4v) is 3.26. The van der Waals surface area contributed by atoms with E-state index in [1.807, 2.05) is 0 Å². The van der Waals surface area contributed by atoms with Crippen molar-refractivity contribution in [1.29, 1.82) is 0 Å². The van der Waals surface area contributed by atoms with Crippen molar-refractivity contribution < 1.29 is 9.53 Å². The highest BCUT2D eigenvalue weighted by Crippen LogP contribution is 2.32. The first-order valence-corrected chi connectivity index (χ1v) is 7.04. The summed E-state index contributed by atoms with van der Waals surface area (Å²) in [6.45, 7) is 3.07. The number of carbonyl (C=O) groups is 1. The van der Waals surface area contributed by atoms with Crippen molar-refractivity contribution in [2.45, 2.75) is 69.9 Å². The van der Waals surface area contributed by atoms with Crippen molar-refractivity contribution in [3.05, 3.63) is 0 Å². The highest BCUT2D eigenvalue weighted by Gasteiger charge is 2.37. The molecule has 1 saturated carbocycles. The van der Waals surface area contributed by atoms with Crippen molar-refractivity contribution >= 4 is 5.78 Å². The summed E-state index contributed by atoms with van der Waals surface area (Å²) in [6.07, 6.45) is 8.11. The molecule has 17 heavy (non-hydrogen) atoms. The van der Waals surface area contributed by atoms with Gasteiger partial charge in [-0.25, -0.2) is 0 Å². The van der Waals surface area contributed by atoms with Crippen LogP contribution in [0.4, 0.5) is 0 Å². The van der Waals surface area contributed by atoms with E-state index in [1.54, 1.807) is 0 Å². The Morgan fingerprint density at radius 1 is 1.41 bits per heavy atom. The minimum Gasteiger partial charge on any atom is -0.378 e. The molecule has 2 aliphatic rings. The molecule has 3 unspecified atom stereocenters. The lowest BCUT2D eigenvalue weighted by molar-refractivity contribution is -0.126. The van der Waals surface area contributed by atoms with E-state index in [2.05, 4.69) is 6.92 Å². The number of ether oxygens (including phenoxy) is 1. The van der Waals surface area contributed by atoms with Gasteiger partial charge in [0.1, 0.15) is 0 Å². The molecule has 3 atom stereocenters. The van der Waals surface area contributed by atoms with E-state index in [-0.39, 0.29) is 5.78 Å². The molecule has 2 fully saturated rings. The average Bonchev–Trinajstić information content (AvgIpc) is 2.78. The third kappa shape index (κ3) is 3.29. The van der Waals surface area contributed by atoms with Crippen molar-refractivity contribution in [3.8, 4) is 0 Å². The van der Waals surface area contributed by atoms with Gasteiger partial charge >= 0.3 is 0 Å². The molecule has 1 heterocycles. The Kier molecular flexibility index (Phi) is 4.21. The summed E-state index contributed by atoms with van der Waals surface area (Å²) in [5.41, 5.74) is 5.76. The lowest BCUT2D eigenvalue weighted by Gasteiger charge is -2.35. The van der Waals surface area contributed by atoms with Gasteiger partial charge in [0.15, 0.2) is 5.78 Å². The summed E-state index contributed by atoms with van der Waals surface area (Å²) in [4.78, 5) is 12.2. The Morgan fingerprint density at radius 2 is 2.24 bits per heavy atom. The summed E-state index contributed by atoms with van der Waals surface area (Å²) in [6, 6.07) is 0. The monoisotopic (exact) mass is 239 g/mol. The molecule has 0 aromatic carbocycles. The summed E-state index contributed by atoms with van der Waals surface area (Å²) < 4.78 is 5.55. The fraction of sp³-hybridized carbons (Fsp3) is 0.929. The molecule has 0 aromatic rings. The molecule has 0 amide bonds. The highest BCUT2D eigenvalue weighted by atomic mass is 16.5. The van der Waals surface area contributed by atoms with Gasteiger partial charge in [0.25, 0.3) is 0 Å². The van der Waals surface area contributed by atoms with Crippen LogP contribution in [-0.4, -0.2) is 24.0 Å². The minimum atomic E-state index is -0.531. The van der Waals surface area contributed by atoms with Crippen LogP contribution in [-0.2, 0) is 9.53 Å². The van der Waals surface area contributed by atoms with Crippen molar-refractivity contribution in [3.63, 3.8) is 0 Å². The van der Waals surface area contributed by atoms with Gasteiger partial charge in [-0.1, -0.05) is 19.8 Å². The number of ketones is 1. The summed E-state index contributed by atoms with van der Waals surface area (Å²) in [7, 11) is 0. The normalized spacial score (nSPS) is 38.2. The Balaban J connectivity index is 1.81. The first-order valence-electron chi connectivity index (χ1n) is 7.04. The van der Waals surface area contributed by atoms with Gasteiger partial charge in [-0.15, -0.1) is 0 Å². The number of Topliss-reactive ketones (excluding diaryl/α,β-unsaturated/α-hetero) is 1. The first-order chi connectivity index (χ1) is 8.10. The van der Waals surface area contributed by atoms with Crippen LogP contribution in [0.2, 0.25) is 0 Å². The maximum Gasteiger partial charge on any atom is 0.152 e. The Hall–Kier alpha value is -0.410. The molecular weight excluding hydrogens is 214 g/mol. The van der Waals surface area contributed by atoms with E-state index in [1.165, 1.54) is 6.42 Å². The largest absolute Gasteiger partial charge is 0.378 e. The third-order valence-corrected chi connectivity index (χ3v) is 4.31. The van der Waals surface area contributed by atoms with E-state index in [0.29, 0.717) is 18.4 Å². The molecule has 2 N–H and O–H groups in total. The second-order valence-corrected chi connectivity index (χ2v) is 5.95. The zero-order chi connectivity index (χ0) is 12.3. The van der Waals surface area contributed by atoms with E-state index in [9.17, 15) is 4.79 Å². The Labute approximate surface area is 104 Å². The maximum absolute atomic E-state index is 12.2. The lowest BCUT2D eigenvalue weighted by atomic mass is 9.73. The molecule has 3 nitrogen and oxygen atoms in total. The van der Waals surface area contributed by atoms with Crippen LogP contribution in [0.5, 0.6) is 0 Å². The molecule has 1 saturated heterocycles. The smallest absolute Gasteiger partial charge is 0.152 e. The molecule has 98 valence electrons. The van der Waals surface area contributed by atoms with Crippen LogP contribution < -0.4 is 5.73 Å². The van der Waals surface area contributed by atoms with Crippen LogP contribution >= 0.6 is 0 Å². The number of carbonyl (C=O) groups excluding carboxylic acids is 1. The van der Waals surface area contributed by atoms with Crippen LogP contribution in [0, 0.1) is 5.92 Å². The number of nitrogens with two attached hydrogens (primary N) is 1. The van der Waals surface area contributed by atoms with Crippen LogP contribution in [0.3, 0.4) is 0 Å². The van der Waals surface area contributed by atoms with Crippen molar-refractivity contribution in [2.24, 2.45) is 11.7 Å². The van der Waals surface area contributed by atoms with Crippen molar-refractivity contribution in [2.75, 3.05) is 6.61 Å². The SMILES string of the molecule is CC1CCCC(N)(C(=O)CCC2CCCO2)C1. The topological polar surface area (TPSA) is 52.3 Å². The molecule has 0 radical (unpaired) electrons. The van der Waals surface area contributed by atoms with Gasteiger partial charge in [-0.05, 0) is 38.0 Å². The highest BCUT2D eigenvalue weighted by molar-refractivity contribution is 5.88. The van der Waals surface area contributed by atoms with E-state index >= 15 is 0 Å². The van der Waals surface area contributed by atoms with Gasteiger partial charge in [0, 0.05) is 13.0 Å². The molecule has 0 spiro atoms. The molecule has 0 aromatic heterocycles. The standard InChI is InChI=1S/C14H25NO2/c1-11-4-2-8-14(15,10-11)13(16)7-6-12-5-3-9-17-12/h11-12H,2-10,15H2,1H3. The average molecular weight is 239 g/mol.